The molecule has 4 aromatic rings. The molecule has 2 heterocycles. The molecule has 0 N–H and O–H groups in total. The van der Waals surface area contributed by atoms with Gasteiger partial charge in [0.2, 0.25) is 0 Å². The number of para-hydroxylation sites is 1. The monoisotopic (exact) mass is 524 g/mol. The Labute approximate surface area is 216 Å². The van der Waals surface area contributed by atoms with E-state index in [2.05, 4.69) is 10.6 Å². The minimum absolute atomic E-state index is 0.141. The second-order valence-corrected chi connectivity index (χ2v) is 10.2. The van der Waals surface area contributed by atoms with E-state index in [1.165, 1.54) is 11.8 Å². The molecule has 0 spiro atoms. The SMILES string of the molecule is COc1ccc(N2C(=O)/C(=C/c3cn(Cc4ccc(Cl)cc4Cl)c4ccccc34)SC2=S)cc1. The number of fused-ring (bicyclic) bond motifs is 1. The van der Waals surface area contributed by atoms with E-state index in [-0.39, 0.29) is 5.91 Å². The van der Waals surface area contributed by atoms with Crippen LogP contribution in [0.1, 0.15) is 11.1 Å². The minimum Gasteiger partial charge on any atom is -0.497 e. The number of thioether (sulfide) groups is 1. The molecule has 0 atom stereocenters. The second-order valence-electron chi connectivity index (χ2n) is 7.68. The summed E-state index contributed by atoms with van der Waals surface area (Å²) in [5, 5.41) is 2.26. The quantitative estimate of drug-likeness (QED) is 0.201. The lowest BCUT2D eigenvalue weighted by molar-refractivity contribution is -0.113. The number of anilines is 1. The summed E-state index contributed by atoms with van der Waals surface area (Å²) >= 11 is 19.3. The number of benzene rings is 3. The van der Waals surface area contributed by atoms with Crippen molar-refractivity contribution in [2.45, 2.75) is 6.54 Å². The Bertz CT molecular complexity index is 1460. The summed E-state index contributed by atoms with van der Waals surface area (Å²) in [6.07, 6.45) is 3.95. The third-order valence-corrected chi connectivity index (χ3v) is 7.48. The molecule has 0 radical (unpaired) electrons. The summed E-state index contributed by atoms with van der Waals surface area (Å²) in [5.74, 6) is 0.580. The molecule has 8 heteroatoms. The molecule has 1 amide bonds. The molecule has 3 aromatic carbocycles. The van der Waals surface area contributed by atoms with E-state index in [1.54, 1.807) is 18.1 Å². The van der Waals surface area contributed by atoms with Crippen molar-refractivity contribution in [2.75, 3.05) is 12.0 Å². The average Bonchev–Trinajstić information content (AvgIpc) is 3.32. The average molecular weight is 525 g/mol. The van der Waals surface area contributed by atoms with Gasteiger partial charge in [-0.15, -0.1) is 0 Å². The van der Waals surface area contributed by atoms with Gasteiger partial charge in [-0.3, -0.25) is 9.69 Å². The molecule has 1 saturated heterocycles. The Kier molecular flexibility index (Phi) is 6.40. The van der Waals surface area contributed by atoms with E-state index in [0.717, 1.165) is 27.8 Å². The highest BCUT2D eigenvalue weighted by Gasteiger charge is 2.33. The summed E-state index contributed by atoms with van der Waals surface area (Å²) in [7, 11) is 1.61. The highest BCUT2D eigenvalue weighted by atomic mass is 35.5. The van der Waals surface area contributed by atoms with Crippen LogP contribution in [-0.2, 0) is 11.3 Å². The molecule has 5 rings (SSSR count). The highest BCUT2D eigenvalue weighted by Crippen LogP contribution is 2.38. The zero-order valence-electron chi connectivity index (χ0n) is 18.0. The number of halogens is 2. The van der Waals surface area contributed by atoms with Crippen LogP contribution in [0.4, 0.5) is 5.69 Å². The van der Waals surface area contributed by atoms with Crippen LogP contribution in [0.25, 0.3) is 17.0 Å². The van der Waals surface area contributed by atoms with Crippen molar-refractivity contribution in [1.29, 1.82) is 0 Å². The number of methoxy groups -OCH3 is 1. The molecular formula is C26H18Cl2N2O2S2. The van der Waals surface area contributed by atoms with Crippen molar-refractivity contribution in [3.63, 3.8) is 0 Å². The lowest BCUT2D eigenvalue weighted by atomic mass is 10.1. The molecular weight excluding hydrogens is 507 g/mol. The minimum atomic E-state index is -0.141. The number of hydrogen-bond donors (Lipinski definition) is 0. The predicted molar refractivity (Wildman–Crippen MR) is 146 cm³/mol. The summed E-state index contributed by atoms with van der Waals surface area (Å²) in [6, 6.07) is 20.9. The van der Waals surface area contributed by atoms with E-state index in [0.29, 0.717) is 31.5 Å². The number of carbonyl (C=O) groups excluding carboxylic acids is 1. The molecule has 0 unspecified atom stereocenters. The molecule has 1 fully saturated rings. The number of amides is 1. The first-order chi connectivity index (χ1) is 16.4. The zero-order chi connectivity index (χ0) is 23.8. The molecule has 170 valence electrons. The van der Waals surface area contributed by atoms with Crippen LogP contribution < -0.4 is 9.64 Å². The first-order valence-corrected chi connectivity index (χ1v) is 12.4. The zero-order valence-corrected chi connectivity index (χ0v) is 21.1. The molecule has 1 aliphatic heterocycles. The molecule has 1 aliphatic rings. The third-order valence-electron chi connectivity index (χ3n) is 5.59. The predicted octanol–water partition coefficient (Wildman–Crippen LogP) is 7.41. The number of carbonyl (C=O) groups is 1. The number of ether oxygens (including phenoxy) is 1. The van der Waals surface area contributed by atoms with Gasteiger partial charge in [0.1, 0.15) is 5.75 Å². The van der Waals surface area contributed by atoms with Gasteiger partial charge in [0.25, 0.3) is 5.91 Å². The van der Waals surface area contributed by atoms with Crippen molar-refractivity contribution in [3.05, 3.63) is 99.0 Å². The van der Waals surface area contributed by atoms with Crippen LogP contribution in [0.2, 0.25) is 10.0 Å². The van der Waals surface area contributed by atoms with Gasteiger partial charge in [-0.05, 0) is 54.1 Å². The second kappa shape index (κ2) is 9.47. The molecule has 1 aromatic heterocycles. The molecule has 0 saturated carbocycles. The van der Waals surface area contributed by atoms with Gasteiger partial charge in [-0.2, -0.15) is 0 Å². The van der Waals surface area contributed by atoms with Gasteiger partial charge < -0.3 is 9.30 Å². The van der Waals surface area contributed by atoms with Crippen LogP contribution in [-0.4, -0.2) is 21.9 Å². The Balaban J connectivity index is 1.50. The topological polar surface area (TPSA) is 34.5 Å². The summed E-state index contributed by atoms with van der Waals surface area (Å²) in [5.41, 5.74) is 3.66. The first-order valence-electron chi connectivity index (χ1n) is 10.4. The number of rotatable bonds is 5. The third kappa shape index (κ3) is 4.34. The van der Waals surface area contributed by atoms with Gasteiger partial charge in [-0.25, -0.2) is 0 Å². The molecule has 34 heavy (non-hydrogen) atoms. The first kappa shape index (κ1) is 23.0. The van der Waals surface area contributed by atoms with Crippen molar-refractivity contribution in [1.82, 2.24) is 4.57 Å². The van der Waals surface area contributed by atoms with Crippen LogP contribution >= 0.6 is 47.2 Å². The fourth-order valence-corrected chi connectivity index (χ4v) is 5.68. The lowest BCUT2D eigenvalue weighted by Crippen LogP contribution is -2.27. The molecule has 0 aliphatic carbocycles. The largest absolute Gasteiger partial charge is 0.497 e. The fraction of sp³-hybridized carbons (Fsp3) is 0.0769. The van der Waals surface area contributed by atoms with Crippen molar-refractivity contribution in [3.8, 4) is 5.75 Å². The standard InChI is InChI=1S/C26H18Cl2N2O2S2/c1-32-20-10-8-19(9-11-20)30-25(31)24(34-26(30)33)12-17-15-29(23-5-3-2-4-21(17)23)14-16-6-7-18(27)13-22(16)28/h2-13,15H,14H2,1H3/b24-12-. The molecule has 0 bridgehead atoms. The van der Waals surface area contributed by atoms with Gasteiger partial charge >= 0.3 is 0 Å². The van der Waals surface area contributed by atoms with Crippen LogP contribution in [0.15, 0.2) is 77.8 Å². The summed E-state index contributed by atoms with van der Waals surface area (Å²) in [6.45, 7) is 0.581. The van der Waals surface area contributed by atoms with E-state index >= 15 is 0 Å². The maximum absolute atomic E-state index is 13.3. The summed E-state index contributed by atoms with van der Waals surface area (Å²) in [4.78, 5) is 15.4. The Morgan fingerprint density at radius 1 is 1.06 bits per heavy atom. The van der Waals surface area contributed by atoms with E-state index in [9.17, 15) is 4.79 Å². The van der Waals surface area contributed by atoms with Crippen molar-refractivity contribution >= 4 is 80.1 Å². The molecule has 4 nitrogen and oxygen atoms in total. The van der Waals surface area contributed by atoms with Gasteiger partial charge in [0, 0.05) is 39.3 Å². The Hall–Kier alpha value is -2.77. The normalized spacial score (nSPS) is 15.0. The maximum Gasteiger partial charge on any atom is 0.270 e. The number of nitrogens with zero attached hydrogens (tertiary/aromatic N) is 2. The van der Waals surface area contributed by atoms with E-state index in [1.807, 2.05) is 66.9 Å². The van der Waals surface area contributed by atoms with Crippen LogP contribution in [0.5, 0.6) is 5.75 Å². The lowest BCUT2D eigenvalue weighted by Gasteiger charge is -2.14. The van der Waals surface area contributed by atoms with E-state index in [4.69, 9.17) is 40.2 Å². The van der Waals surface area contributed by atoms with Crippen molar-refractivity contribution < 1.29 is 9.53 Å². The van der Waals surface area contributed by atoms with Crippen LogP contribution in [0, 0.1) is 0 Å². The number of hydrogen-bond acceptors (Lipinski definition) is 4. The van der Waals surface area contributed by atoms with Gasteiger partial charge in [0.15, 0.2) is 4.32 Å². The smallest absolute Gasteiger partial charge is 0.270 e. The van der Waals surface area contributed by atoms with Crippen molar-refractivity contribution in [2.24, 2.45) is 0 Å². The fourth-order valence-electron chi connectivity index (χ4n) is 3.92. The maximum atomic E-state index is 13.3. The summed E-state index contributed by atoms with van der Waals surface area (Å²) < 4.78 is 7.84. The number of thiocarbonyl (C=S) groups is 1. The van der Waals surface area contributed by atoms with Crippen LogP contribution in [0.3, 0.4) is 0 Å². The van der Waals surface area contributed by atoms with Gasteiger partial charge in [0.05, 0.1) is 17.7 Å². The Morgan fingerprint density at radius 3 is 2.56 bits per heavy atom. The van der Waals surface area contributed by atoms with E-state index < -0.39 is 0 Å². The van der Waals surface area contributed by atoms with Gasteiger partial charge in [-0.1, -0.05) is 71.4 Å². The highest BCUT2D eigenvalue weighted by molar-refractivity contribution is 8.27. The Morgan fingerprint density at radius 2 is 1.82 bits per heavy atom. The number of aromatic nitrogens is 1.